The molecule has 1 aliphatic heterocycles. The van der Waals surface area contributed by atoms with Crippen LogP contribution in [0.25, 0.3) is 0 Å². The van der Waals surface area contributed by atoms with E-state index in [4.69, 9.17) is 16.3 Å². The first-order chi connectivity index (χ1) is 14.7. The summed E-state index contributed by atoms with van der Waals surface area (Å²) in [6, 6.07) is 21.9. The van der Waals surface area contributed by atoms with Gasteiger partial charge in [0.05, 0.1) is 5.69 Å². The number of halogens is 1. The number of carbonyl (C=O) groups is 1. The summed E-state index contributed by atoms with van der Waals surface area (Å²) in [6.07, 6.45) is 4.36. The van der Waals surface area contributed by atoms with E-state index in [1.54, 1.807) is 30.3 Å². The molecule has 1 N–H and O–H groups in total. The molecule has 0 saturated carbocycles. The number of benzene rings is 3. The van der Waals surface area contributed by atoms with E-state index in [0.717, 1.165) is 37.3 Å². The highest BCUT2D eigenvalue weighted by Crippen LogP contribution is 2.33. The van der Waals surface area contributed by atoms with Gasteiger partial charge in [0.1, 0.15) is 11.6 Å². The van der Waals surface area contributed by atoms with Gasteiger partial charge in [0, 0.05) is 29.1 Å². The lowest BCUT2D eigenvalue weighted by Gasteiger charge is -2.15. The molecule has 0 radical (unpaired) electrons. The molecule has 0 amide bonds. The summed E-state index contributed by atoms with van der Waals surface area (Å²) in [6.45, 7) is 0.843. The van der Waals surface area contributed by atoms with E-state index in [9.17, 15) is 4.79 Å². The highest BCUT2D eigenvalue weighted by Gasteiger charge is 2.12. The van der Waals surface area contributed by atoms with E-state index in [-0.39, 0.29) is 5.78 Å². The van der Waals surface area contributed by atoms with Crippen LogP contribution in [-0.2, 0) is 0 Å². The van der Waals surface area contributed by atoms with Crippen molar-refractivity contribution in [1.82, 2.24) is 0 Å². The van der Waals surface area contributed by atoms with E-state index < -0.39 is 0 Å². The Bertz CT molecular complexity index is 1050. The van der Waals surface area contributed by atoms with Gasteiger partial charge in [-0.2, -0.15) is 0 Å². The van der Waals surface area contributed by atoms with Crippen LogP contribution in [-0.4, -0.2) is 18.2 Å². The maximum atomic E-state index is 12.6. The molecule has 3 aromatic carbocycles. The van der Waals surface area contributed by atoms with Crippen molar-refractivity contribution in [2.24, 2.45) is 4.99 Å². The van der Waals surface area contributed by atoms with E-state index >= 15 is 0 Å². The number of ether oxygens (including phenoxy) is 1. The SMILES string of the molecule is O=C(c1ccccc1)c1ccc(Oc2ccc(Cl)cc2NC2=NCCCCC2)cc1. The predicted molar refractivity (Wildman–Crippen MR) is 122 cm³/mol. The average Bonchev–Trinajstić information content (AvgIpc) is 3.05. The molecule has 0 aliphatic carbocycles. The number of carbonyl (C=O) groups excluding carboxylic acids is 1. The van der Waals surface area contributed by atoms with Crippen molar-refractivity contribution in [3.05, 3.63) is 88.9 Å². The maximum Gasteiger partial charge on any atom is 0.193 e. The quantitative estimate of drug-likeness (QED) is 0.466. The monoisotopic (exact) mass is 418 g/mol. The van der Waals surface area contributed by atoms with Crippen LogP contribution in [0.2, 0.25) is 5.02 Å². The molecular formula is C25H23ClN2O2. The Morgan fingerprint density at radius 2 is 1.67 bits per heavy atom. The van der Waals surface area contributed by atoms with Gasteiger partial charge in [-0.3, -0.25) is 9.79 Å². The van der Waals surface area contributed by atoms with E-state index in [2.05, 4.69) is 10.3 Å². The molecule has 30 heavy (non-hydrogen) atoms. The number of amidine groups is 1. The Morgan fingerprint density at radius 3 is 2.47 bits per heavy atom. The van der Waals surface area contributed by atoms with Crippen LogP contribution in [0.4, 0.5) is 5.69 Å². The molecule has 152 valence electrons. The van der Waals surface area contributed by atoms with Gasteiger partial charge in [-0.1, -0.05) is 48.4 Å². The number of rotatable bonds is 5. The lowest BCUT2D eigenvalue weighted by Crippen LogP contribution is -2.12. The third-order valence-electron chi connectivity index (χ3n) is 4.98. The highest BCUT2D eigenvalue weighted by atomic mass is 35.5. The summed E-state index contributed by atoms with van der Waals surface area (Å²) in [7, 11) is 0. The number of anilines is 1. The number of hydrogen-bond donors (Lipinski definition) is 1. The highest BCUT2D eigenvalue weighted by molar-refractivity contribution is 6.31. The van der Waals surface area contributed by atoms with Gasteiger partial charge in [-0.15, -0.1) is 0 Å². The minimum atomic E-state index is -0.0117. The van der Waals surface area contributed by atoms with Crippen LogP contribution in [0.1, 0.15) is 41.6 Å². The fourth-order valence-corrected chi connectivity index (χ4v) is 3.55. The molecule has 0 aromatic heterocycles. The van der Waals surface area contributed by atoms with E-state index in [0.29, 0.717) is 27.6 Å². The molecule has 0 atom stereocenters. The van der Waals surface area contributed by atoms with Crippen LogP contribution in [0.15, 0.2) is 77.8 Å². The Hall–Kier alpha value is -3.11. The first-order valence-corrected chi connectivity index (χ1v) is 10.5. The van der Waals surface area contributed by atoms with Crippen LogP contribution in [0.5, 0.6) is 11.5 Å². The van der Waals surface area contributed by atoms with Crippen LogP contribution in [0, 0.1) is 0 Å². The Balaban J connectivity index is 1.51. The van der Waals surface area contributed by atoms with Crippen molar-refractivity contribution < 1.29 is 9.53 Å². The zero-order chi connectivity index (χ0) is 20.8. The third kappa shape index (κ3) is 5.08. The molecule has 0 spiro atoms. The molecule has 0 bridgehead atoms. The van der Waals surface area contributed by atoms with Crippen molar-refractivity contribution in [2.45, 2.75) is 25.7 Å². The van der Waals surface area contributed by atoms with E-state index in [1.165, 1.54) is 6.42 Å². The van der Waals surface area contributed by atoms with Gasteiger partial charge in [-0.05, 0) is 55.3 Å². The summed E-state index contributed by atoms with van der Waals surface area (Å²) in [4.78, 5) is 17.2. The predicted octanol–water partition coefficient (Wildman–Crippen LogP) is 6.75. The van der Waals surface area contributed by atoms with Gasteiger partial charge in [0.2, 0.25) is 0 Å². The molecular weight excluding hydrogens is 396 g/mol. The van der Waals surface area contributed by atoms with Crippen LogP contribution >= 0.6 is 11.6 Å². The Labute approximate surface area is 181 Å². The Morgan fingerprint density at radius 1 is 0.900 bits per heavy atom. The third-order valence-corrected chi connectivity index (χ3v) is 5.21. The molecule has 4 rings (SSSR count). The zero-order valence-electron chi connectivity index (χ0n) is 16.6. The fraction of sp³-hybridized carbons (Fsp3) is 0.200. The molecule has 3 aromatic rings. The molecule has 0 fully saturated rings. The van der Waals surface area contributed by atoms with Gasteiger partial charge < -0.3 is 10.1 Å². The second kappa shape index (κ2) is 9.59. The maximum absolute atomic E-state index is 12.6. The first-order valence-electron chi connectivity index (χ1n) is 10.2. The molecule has 1 heterocycles. The van der Waals surface area contributed by atoms with Crippen LogP contribution < -0.4 is 10.1 Å². The minimum absolute atomic E-state index is 0.0117. The van der Waals surface area contributed by atoms with Crippen molar-refractivity contribution in [3.63, 3.8) is 0 Å². The molecule has 0 saturated heterocycles. The number of aliphatic imine (C=N–C) groups is 1. The molecule has 0 unspecified atom stereocenters. The minimum Gasteiger partial charge on any atom is -0.455 e. The second-order valence-electron chi connectivity index (χ2n) is 7.23. The van der Waals surface area contributed by atoms with Gasteiger partial charge in [0.15, 0.2) is 11.5 Å². The second-order valence-corrected chi connectivity index (χ2v) is 7.66. The number of ketones is 1. The topological polar surface area (TPSA) is 50.7 Å². The van der Waals surface area contributed by atoms with Gasteiger partial charge >= 0.3 is 0 Å². The molecule has 5 heteroatoms. The smallest absolute Gasteiger partial charge is 0.193 e. The van der Waals surface area contributed by atoms with Gasteiger partial charge in [0.25, 0.3) is 0 Å². The zero-order valence-corrected chi connectivity index (χ0v) is 17.4. The summed E-state index contributed by atoms with van der Waals surface area (Å²) in [5, 5.41) is 4.02. The number of nitrogens with zero attached hydrogens (tertiary/aromatic N) is 1. The van der Waals surface area contributed by atoms with Crippen molar-refractivity contribution in [3.8, 4) is 11.5 Å². The summed E-state index contributed by atoms with van der Waals surface area (Å²) < 4.78 is 6.09. The van der Waals surface area contributed by atoms with Crippen LogP contribution in [0.3, 0.4) is 0 Å². The van der Waals surface area contributed by atoms with Crippen molar-refractivity contribution in [1.29, 1.82) is 0 Å². The number of nitrogens with one attached hydrogen (secondary N) is 1. The lowest BCUT2D eigenvalue weighted by atomic mass is 10.0. The van der Waals surface area contributed by atoms with Crippen molar-refractivity contribution >= 4 is 28.9 Å². The van der Waals surface area contributed by atoms with E-state index in [1.807, 2.05) is 42.5 Å². The molecule has 1 aliphatic rings. The Kier molecular flexibility index (Phi) is 6.45. The summed E-state index contributed by atoms with van der Waals surface area (Å²) in [5.74, 6) is 2.26. The largest absolute Gasteiger partial charge is 0.455 e. The molecule has 4 nitrogen and oxygen atoms in total. The first kappa shape index (κ1) is 20.2. The lowest BCUT2D eigenvalue weighted by molar-refractivity contribution is 0.103. The average molecular weight is 419 g/mol. The normalized spacial score (nSPS) is 13.8. The summed E-state index contributed by atoms with van der Waals surface area (Å²) in [5.41, 5.74) is 2.07. The number of hydrogen-bond acceptors (Lipinski definition) is 4. The van der Waals surface area contributed by atoms with Gasteiger partial charge in [-0.25, -0.2) is 0 Å². The standard InChI is InChI=1S/C25H23ClN2O2/c26-20-12-15-23(22(17-20)28-24-9-5-2-6-16-27-24)30-21-13-10-19(11-14-21)25(29)18-7-3-1-4-8-18/h1,3-4,7-8,10-15,17H,2,5-6,9,16H2,(H,27,28). The summed E-state index contributed by atoms with van der Waals surface area (Å²) >= 11 is 6.21. The fourth-order valence-electron chi connectivity index (χ4n) is 3.38. The van der Waals surface area contributed by atoms with Crippen molar-refractivity contribution in [2.75, 3.05) is 11.9 Å².